The van der Waals surface area contributed by atoms with Gasteiger partial charge in [-0.1, -0.05) is 77.8 Å². The van der Waals surface area contributed by atoms with E-state index in [0.29, 0.717) is 22.9 Å². The van der Waals surface area contributed by atoms with Gasteiger partial charge in [0.25, 0.3) is 5.91 Å². The van der Waals surface area contributed by atoms with Crippen LogP contribution in [0.25, 0.3) is 11.3 Å². The molecule has 0 unspecified atom stereocenters. The lowest BCUT2D eigenvalue weighted by Crippen LogP contribution is -2.27. The third-order valence-corrected chi connectivity index (χ3v) is 6.06. The summed E-state index contributed by atoms with van der Waals surface area (Å²) in [5.41, 5.74) is 5.70. The van der Waals surface area contributed by atoms with Crippen LogP contribution in [-0.2, 0) is 6.54 Å². The molecule has 4 rings (SSSR count). The zero-order valence-corrected chi connectivity index (χ0v) is 19.6. The maximum absolute atomic E-state index is 13.5. The fraction of sp³-hybridized carbons (Fsp3) is 0.143. The molecule has 0 aliphatic rings. The number of nitrogens with zero attached hydrogens (tertiary/aromatic N) is 1. The first kappa shape index (κ1) is 22.6. The van der Waals surface area contributed by atoms with Crippen molar-refractivity contribution in [2.75, 3.05) is 5.32 Å². The van der Waals surface area contributed by atoms with Gasteiger partial charge in [0.05, 0.1) is 16.4 Å². The Morgan fingerprint density at radius 2 is 1.58 bits per heavy atom. The minimum absolute atomic E-state index is 0.0990. The molecule has 0 aliphatic heterocycles. The first-order valence-electron chi connectivity index (χ1n) is 10.8. The smallest absolute Gasteiger partial charge is 0.261 e. The number of rotatable bonds is 5. The zero-order valence-electron chi connectivity index (χ0n) is 18.9. The Morgan fingerprint density at radius 3 is 2.27 bits per heavy atom. The average Bonchev–Trinajstić information content (AvgIpc) is 2.78. The highest BCUT2D eigenvalue weighted by molar-refractivity contribution is 6.34. The number of benzene rings is 3. The lowest BCUT2D eigenvalue weighted by molar-refractivity contribution is 0.102. The van der Waals surface area contributed by atoms with Crippen molar-refractivity contribution in [3.8, 4) is 11.3 Å². The molecule has 4 nitrogen and oxygen atoms in total. The Morgan fingerprint density at radius 1 is 0.909 bits per heavy atom. The Kier molecular flexibility index (Phi) is 6.47. The molecule has 5 heteroatoms. The van der Waals surface area contributed by atoms with Crippen LogP contribution < -0.4 is 10.7 Å². The SMILES string of the molecule is Cc1ccc(Cn2c(C)cc(=O)c(C(=O)Nc3ccccc3Cl)c2-c2ccccc2C)cc1. The van der Waals surface area contributed by atoms with E-state index in [1.807, 2.05) is 49.6 Å². The summed E-state index contributed by atoms with van der Waals surface area (Å²) in [6.45, 7) is 6.45. The highest BCUT2D eigenvalue weighted by Crippen LogP contribution is 2.29. The van der Waals surface area contributed by atoms with Crippen molar-refractivity contribution >= 4 is 23.2 Å². The number of hydrogen-bond donors (Lipinski definition) is 1. The Labute approximate surface area is 198 Å². The fourth-order valence-electron chi connectivity index (χ4n) is 3.93. The molecule has 4 aromatic rings. The minimum atomic E-state index is -0.482. The number of amides is 1. The molecule has 1 heterocycles. The minimum Gasteiger partial charge on any atom is -0.340 e. The Balaban J connectivity index is 1.93. The van der Waals surface area contributed by atoms with E-state index in [4.69, 9.17) is 11.6 Å². The molecule has 0 atom stereocenters. The van der Waals surface area contributed by atoms with Gasteiger partial charge in [-0.05, 0) is 44.0 Å². The van der Waals surface area contributed by atoms with Gasteiger partial charge in [0.15, 0.2) is 5.43 Å². The predicted octanol–water partition coefficient (Wildman–Crippen LogP) is 6.39. The van der Waals surface area contributed by atoms with Crippen LogP contribution in [0.4, 0.5) is 5.69 Å². The quantitative estimate of drug-likeness (QED) is 0.378. The van der Waals surface area contributed by atoms with E-state index < -0.39 is 5.91 Å². The molecule has 1 N–H and O–H groups in total. The fourth-order valence-corrected chi connectivity index (χ4v) is 4.12. The number of pyridine rings is 1. The number of nitrogens with one attached hydrogen (secondary N) is 1. The number of anilines is 1. The lowest BCUT2D eigenvalue weighted by Gasteiger charge is -2.22. The van der Waals surface area contributed by atoms with Crippen LogP contribution in [0.5, 0.6) is 0 Å². The van der Waals surface area contributed by atoms with Gasteiger partial charge in [-0.25, -0.2) is 0 Å². The van der Waals surface area contributed by atoms with Crippen molar-refractivity contribution in [1.29, 1.82) is 0 Å². The van der Waals surface area contributed by atoms with Gasteiger partial charge >= 0.3 is 0 Å². The van der Waals surface area contributed by atoms with E-state index in [9.17, 15) is 9.59 Å². The molecule has 166 valence electrons. The van der Waals surface area contributed by atoms with Crippen LogP contribution in [0.1, 0.15) is 32.7 Å². The molecule has 1 amide bonds. The first-order chi connectivity index (χ1) is 15.8. The highest BCUT2D eigenvalue weighted by Gasteiger charge is 2.23. The number of carbonyl (C=O) groups is 1. The maximum atomic E-state index is 13.5. The Hall–Kier alpha value is -3.63. The average molecular weight is 457 g/mol. The highest BCUT2D eigenvalue weighted by atomic mass is 35.5. The molecule has 0 spiro atoms. The molecule has 1 aromatic heterocycles. The summed E-state index contributed by atoms with van der Waals surface area (Å²) in [6, 6.07) is 24.6. The van der Waals surface area contributed by atoms with Crippen molar-refractivity contribution < 1.29 is 4.79 Å². The van der Waals surface area contributed by atoms with Gasteiger partial charge in [-0.2, -0.15) is 0 Å². The topological polar surface area (TPSA) is 51.1 Å². The second-order valence-corrected chi connectivity index (χ2v) is 8.60. The number of aryl methyl sites for hydroxylation is 3. The van der Waals surface area contributed by atoms with Gasteiger partial charge in [-0.15, -0.1) is 0 Å². The molecule has 0 aliphatic carbocycles. The van der Waals surface area contributed by atoms with Crippen LogP contribution in [0.2, 0.25) is 5.02 Å². The maximum Gasteiger partial charge on any atom is 0.261 e. The van der Waals surface area contributed by atoms with Crippen molar-refractivity contribution in [3.63, 3.8) is 0 Å². The molecule has 0 saturated heterocycles. The summed E-state index contributed by atoms with van der Waals surface area (Å²) in [5.74, 6) is -0.482. The van der Waals surface area contributed by atoms with Crippen LogP contribution in [-0.4, -0.2) is 10.5 Å². The molecular weight excluding hydrogens is 432 g/mol. The summed E-state index contributed by atoms with van der Waals surface area (Å²) in [6.07, 6.45) is 0. The van der Waals surface area contributed by atoms with E-state index in [1.54, 1.807) is 24.3 Å². The number of para-hydroxylation sites is 1. The van der Waals surface area contributed by atoms with Gasteiger partial charge in [0, 0.05) is 23.9 Å². The number of hydrogen-bond acceptors (Lipinski definition) is 2. The monoisotopic (exact) mass is 456 g/mol. The van der Waals surface area contributed by atoms with E-state index in [1.165, 1.54) is 11.6 Å². The van der Waals surface area contributed by atoms with E-state index >= 15 is 0 Å². The van der Waals surface area contributed by atoms with Gasteiger partial charge in [-0.3, -0.25) is 9.59 Å². The largest absolute Gasteiger partial charge is 0.340 e. The molecule has 0 fully saturated rings. The van der Waals surface area contributed by atoms with Crippen LogP contribution in [0.15, 0.2) is 83.7 Å². The van der Waals surface area contributed by atoms with E-state index in [0.717, 1.165) is 22.4 Å². The van der Waals surface area contributed by atoms with E-state index in [-0.39, 0.29) is 11.0 Å². The van der Waals surface area contributed by atoms with Gasteiger partial charge in [0.2, 0.25) is 0 Å². The van der Waals surface area contributed by atoms with Crippen LogP contribution in [0.3, 0.4) is 0 Å². The summed E-state index contributed by atoms with van der Waals surface area (Å²) >= 11 is 6.26. The number of halogens is 1. The van der Waals surface area contributed by atoms with Crippen molar-refractivity contribution in [1.82, 2.24) is 4.57 Å². The normalized spacial score (nSPS) is 10.8. The third kappa shape index (κ3) is 4.76. The number of carbonyl (C=O) groups excluding carboxylic acids is 1. The first-order valence-corrected chi connectivity index (χ1v) is 11.1. The number of aromatic nitrogens is 1. The Bertz CT molecular complexity index is 1390. The van der Waals surface area contributed by atoms with Crippen molar-refractivity contribution in [2.45, 2.75) is 27.3 Å². The second kappa shape index (κ2) is 9.47. The van der Waals surface area contributed by atoms with Crippen LogP contribution in [0, 0.1) is 20.8 Å². The molecule has 3 aromatic carbocycles. The van der Waals surface area contributed by atoms with Gasteiger partial charge < -0.3 is 9.88 Å². The second-order valence-electron chi connectivity index (χ2n) is 8.19. The van der Waals surface area contributed by atoms with Gasteiger partial charge in [0.1, 0.15) is 5.56 Å². The molecule has 0 saturated carbocycles. The standard InChI is InChI=1S/C28H25ClN2O2/c1-18-12-14-21(15-13-18)17-31-20(3)16-25(32)26(27(31)22-9-5-4-8-19(22)2)28(33)30-24-11-7-6-10-23(24)29/h4-16H,17H2,1-3H3,(H,30,33). The lowest BCUT2D eigenvalue weighted by atomic mass is 9.98. The predicted molar refractivity (Wildman–Crippen MR) is 135 cm³/mol. The summed E-state index contributed by atoms with van der Waals surface area (Å²) in [4.78, 5) is 26.7. The molecular formula is C28H25ClN2O2. The molecule has 33 heavy (non-hydrogen) atoms. The zero-order chi connectivity index (χ0) is 23.5. The van der Waals surface area contributed by atoms with Crippen molar-refractivity contribution in [2.24, 2.45) is 0 Å². The molecule has 0 bridgehead atoms. The third-order valence-electron chi connectivity index (χ3n) is 5.73. The van der Waals surface area contributed by atoms with Crippen molar-refractivity contribution in [3.05, 3.63) is 122 Å². The summed E-state index contributed by atoms with van der Waals surface area (Å²) < 4.78 is 2.04. The van der Waals surface area contributed by atoms with Crippen LogP contribution >= 0.6 is 11.6 Å². The summed E-state index contributed by atoms with van der Waals surface area (Å²) in [5, 5.41) is 3.24. The molecule has 0 radical (unpaired) electrons. The summed E-state index contributed by atoms with van der Waals surface area (Å²) in [7, 11) is 0. The van der Waals surface area contributed by atoms with E-state index in [2.05, 4.69) is 29.6 Å².